The zero-order valence-corrected chi connectivity index (χ0v) is 12.6. The maximum Gasteiger partial charge on any atom is 0.194 e. The summed E-state index contributed by atoms with van der Waals surface area (Å²) in [6, 6.07) is 8.69. The first-order valence-electron chi connectivity index (χ1n) is 7.49. The van der Waals surface area contributed by atoms with Crippen LogP contribution in [0.3, 0.4) is 0 Å². The third-order valence-electron chi connectivity index (χ3n) is 5.04. The SMILES string of the molecule is Cc1c2c(cc3c1C(=O)c1ccccc1C3=O)[C@](C)(O)CC2. The number of carbonyl (C=O) groups is 2. The lowest BCUT2D eigenvalue weighted by molar-refractivity contribution is 0.0594. The van der Waals surface area contributed by atoms with Gasteiger partial charge in [0.1, 0.15) is 0 Å². The maximum absolute atomic E-state index is 12.8. The maximum atomic E-state index is 12.8. The van der Waals surface area contributed by atoms with Gasteiger partial charge in [-0.25, -0.2) is 0 Å². The Labute approximate surface area is 128 Å². The summed E-state index contributed by atoms with van der Waals surface area (Å²) in [6.07, 6.45) is 1.37. The minimum atomic E-state index is -0.921. The molecule has 2 aromatic rings. The Balaban J connectivity index is 2.06. The fraction of sp³-hybridized carbons (Fsp3) is 0.263. The van der Waals surface area contributed by atoms with E-state index in [2.05, 4.69) is 0 Å². The molecule has 0 heterocycles. The average molecular weight is 292 g/mol. The van der Waals surface area contributed by atoms with E-state index in [1.54, 1.807) is 37.3 Å². The molecular weight excluding hydrogens is 276 g/mol. The van der Waals surface area contributed by atoms with Crippen molar-refractivity contribution in [1.82, 2.24) is 0 Å². The molecule has 2 aliphatic rings. The largest absolute Gasteiger partial charge is 0.385 e. The van der Waals surface area contributed by atoms with E-state index < -0.39 is 5.60 Å². The Morgan fingerprint density at radius 3 is 2.36 bits per heavy atom. The lowest BCUT2D eigenvalue weighted by Gasteiger charge is -2.24. The van der Waals surface area contributed by atoms with E-state index in [0.717, 1.165) is 23.1 Å². The van der Waals surface area contributed by atoms with E-state index in [4.69, 9.17) is 0 Å². The van der Waals surface area contributed by atoms with Crippen LogP contribution in [0.1, 0.15) is 61.9 Å². The molecule has 22 heavy (non-hydrogen) atoms. The molecule has 0 saturated heterocycles. The molecule has 0 unspecified atom stereocenters. The topological polar surface area (TPSA) is 54.4 Å². The van der Waals surface area contributed by atoms with E-state index >= 15 is 0 Å². The Hall–Kier alpha value is -2.26. The van der Waals surface area contributed by atoms with Crippen LogP contribution in [-0.2, 0) is 12.0 Å². The van der Waals surface area contributed by atoms with Crippen LogP contribution in [0.25, 0.3) is 0 Å². The molecule has 0 saturated carbocycles. The molecule has 2 aliphatic carbocycles. The Bertz CT molecular complexity index is 859. The van der Waals surface area contributed by atoms with Crippen molar-refractivity contribution < 1.29 is 14.7 Å². The Morgan fingerprint density at radius 2 is 1.68 bits per heavy atom. The first-order chi connectivity index (χ1) is 10.4. The molecule has 0 aliphatic heterocycles. The lowest BCUT2D eigenvalue weighted by atomic mass is 9.79. The van der Waals surface area contributed by atoms with Crippen molar-refractivity contribution in [3.8, 4) is 0 Å². The molecule has 0 fully saturated rings. The molecule has 1 N–H and O–H groups in total. The van der Waals surface area contributed by atoms with Gasteiger partial charge in [0.2, 0.25) is 0 Å². The highest BCUT2D eigenvalue weighted by atomic mass is 16.3. The third kappa shape index (κ3) is 1.54. The van der Waals surface area contributed by atoms with Crippen molar-refractivity contribution in [3.05, 3.63) is 69.3 Å². The molecule has 0 radical (unpaired) electrons. The van der Waals surface area contributed by atoms with Crippen molar-refractivity contribution in [2.24, 2.45) is 0 Å². The van der Waals surface area contributed by atoms with Gasteiger partial charge in [0, 0.05) is 22.3 Å². The molecule has 4 rings (SSSR count). The van der Waals surface area contributed by atoms with Gasteiger partial charge in [0.05, 0.1) is 5.60 Å². The minimum Gasteiger partial charge on any atom is -0.385 e. The second-order valence-corrected chi connectivity index (χ2v) is 6.43. The van der Waals surface area contributed by atoms with Crippen LogP contribution in [-0.4, -0.2) is 16.7 Å². The number of hydrogen-bond acceptors (Lipinski definition) is 3. The fourth-order valence-electron chi connectivity index (χ4n) is 3.79. The van der Waals surface area contributed by atoms with Gasteiger partial charge >= 0.3 is 0 Å². The van der Waals surface area contributed by atoms with Crippen molar-refractivity contribution in [3.63, 3.8) is 0 Å². The van der Waals surface area contributed by atoms with Gasteiger partial charge < -0.3 is 5.11 Å². The van der Waals surface area contributed by atoms with Crippen molar-refractivity contribution >= 4 is 11.6 Å². The summed E-state index contributed by atoms with van der Waals surface area (Å²) in [5.74, 6) is -0.212. The molecule has 0 aromatic heterocycles. The number of aliphatic hydroxyl groups is 1. The molecule has 3 heteroatoms. The van der Waals surface area contributed by atoms with Gasteiger partial charge in [-0.3, -0.25) is 9.59 Å². The third-order valence-corrected chi connectivity index (χ3v) is 5.04. The summed E-state index contributed by atoms with van der Waals surface area (Å²) in [7, 11) is 0. The zero-order valence-electron chi connectivity index (χ0n) is 12.6. The van der Waals surface area contributed by atoms with Crippen LogP contribution in [0.4, 0.5) is 0 Å². The number of ketones is 2. The van der Waals surface area contributed by atoms with Crippen LogP contribution in [0.2, 0.25) is 0 Å². The van der Waals surface area contributed by atoms with Crippen LogP contribution >= 0.6 is 0 Å². The summed E-state index contributed by atoms with van der Waals surface area (Å²) in [4.78, 5) is 25.6. The minimum absolute atomic E-state index is 0.0861. The van der Waals surface area contributed by atoms with Crippen LogP contribution in [0, 0.1) is 6.92 Å². The van der Waals surface area contributed by atoms with E-state index in [1.807, 2.05) is 6.92 Å². The highest BCUT2D eigenvalue weighted by Crippen LogP contribution is 2.42. The first kappa shape index (κ1) is 13.4. The van der Waals surface area contributed by atoms with Gasteiger partial charge in [-0.15, -0.1) is 0 Å². The number of carbonyl (C=O) groups excluding carboxylic acids is 2. The number of benzene rings is 2. The molecule has 110 valence electrons. The second kappa shape index (κ2) is 4.14. The van der Waals surface area contributed by atoms with Crippen LogP contribution in [0.15, 0.2) is 30.3 Å². The molecule has 0 spiro atoms. The van der Waals surface area contributed by atoms with Crippen molar-refractivity contribution in [2.75, 3.05) is 0 Å². The number of fused-ring (bicyclic) bond motifs is 3. The highest BCUT2D eigenvalue weighted by molar-refractivity contribution is 6.29. The predicted octanol–water partition coefficient (Wildman–Crippen LogP) is 2.92. The molecule has 2 aromatic carbocycles. The molecule has 1 atom stereocenters. The first-order valence-corrected chi connectivity index (χ1v) is 7.49. The van der Waals surface area contributed by atoms with Gasteiger partial charge in [0.15, 0.2) is 11.6 Å². The average Bonchev–Trinajstić information content (AvgIpc) is 2.80. The lowest BCUT2D eigenvalue weighted by Crippen LogP contribution is -2.24. The van der Waals surface area contributed by atoms with E-state index in [0.29, 0.717) is 28.7 Å². The van der Waals surface area contributed by atoms with Gasteiger partial charge in [0.25, 0.3) is 0 Å². The zero-order chi connectivity index (χ0) is 15.6. The molecule has 0 bridgehead atoms. The summed E-state index contributed by atoms with van der Waals surface area (Å²) >= 11 is 0. The molecule has 0 amide bonds. The second-order valence-electron chi connectivity index (χ2n) is 6.43. The van der Waals surface area contributed by atoms with Crippen LogP contribution < -0.4 is 0 Å². The number of rotatable bonds is 0. The van der Waals surface area contributed by atoms with Gasteiger partial charge in [-0.2, -0.15) is 0 Å². The quantitative estimate of drug-likeness (QED) is 0.693. The summed E-state index contributed by atoms with van der Waals surface area (Å²) < 4.78 is 0. The van der Waals surface area contributed by atoms with Crippen molar-refractivity contribution in [1.29, 1.82) is 0 Å². The Morgan fingerprint density at radius 1 is 1.05 bits per heavy atom. The summed E-state index contributed by atoms with van der Waals surface area (Å²) in [5.41, 5.74) is 3.62. The monoisotopic (exact) mass is 292 g/mol. The summed E-state index contributed by atoms with van der Waals surface area (Å²) in [6.45, 7) is 3.66. The number of hydrogen-bond donors (Lipinski definition) is 1. The normalized spacial score (nSPS) is 22.3. The standard InChI is InChI=1S/C19H16O3/c1-10-11-7-8-19(2,22)15(11)9-14-16(10)18(21)13-6-4-3-5-12(13)17(14)20/h3-6,9,22H,7-8H2,1-2H3/t19-/m1/s1. The predicted molar refractivity (Wildman–Crippen MR) is 82.4 cm³/mol. The van der Waals surface area contributed by atoms with Gasteiger partial charge in [-0.1, -0.05) is 24.3 Å². The smallest absolute Gasteiger partial charge is 0.194 e. The van der Waals surface area contributed by atoms with E-state index in [9.17, 15) is 14.7 Å². The van der Waals surface area contributed by atoms with Crippen LogP contribution in [0.5, 0.6) is 0 Å². The van der Waals surface area contributed by atoms with Gasteiger partial charge in [-0.05, 0) is 49.4 Å². The van der Waals surface area contributed by atoms with E-state index in [1.165, 1.54) is 0 Å². The molecule has 3 nitrogen and oxygen atoms in total. The highest BCUT2D eigenvalue weighted by Gasteiger charge is 2.39. The Kier molecular flexibility index (Phi) is 2.52. The van der Waals surface area contributed by atoms with E-state index in [-0.39, 0.29) is 11.6 Å². The molecular formula is C19H16O3. The summed E-state index contributed by atoms with van der Waals surface area (Å²) in [5, 5.41) is 10.5. The van der Waals surface area contributed by atoms with Crippen molar-refractivity contribution in [2.45, 2.75) is 32.3 Å². The fourth-order valence-corrected chi connectivity index (χ4v) is 3.79.